The molecule has 0 saturated carbocycles. The Labute approximate surface area is 454 Å². The summed E-state index contributed by atoms with van der Waals surface area (Å²) in [4.78, 5) is 33.3. The van der Waals surface area contributed by atoms with Crippen LogP contribution in [0.4, 0.5) is 0 Å². The number of fused-ring (bicyclic) bond motifs is 1. The molecular formula is C65H74N2O10. The smallest absolute Gasteiger partial charge is 0.235 e. The molecule has 3 aliphatic heterocycles. The minimum atomic E-state index is -1.51. The number of Topliss-reactive ketones (excluding diaryl/α,β-unsaturated/α-hetero) is 1. The first-order chi connectivity index (χ1) is 37.4. The molecule has 0 spiro atoms. The van der Waals surface area contributed by atoms with Gasteiger partial charge in [-0.3, -0.25) is 14.9 Å². The van der Waals surface area contributed by atoms with Gasteiger partial charge in [0.2, 0.25) is 5.91 Å². The van der Waals surface area contributed by atoms with E-state index in [2.05, 4.69) is 11.9 Å². The van der Waals surface area contributed by atoms with Crippen molar-refractivity contribution in [1.82, 2.24) is 10.2 Å². The van der Waals surface area contributed by atoms with E-state index < -0.39 is 72.0 Å². The molecule has 404 valence electrons. The van der Waals surface area contributed by atoms with Gasteiger partial charge in [0.25, 0.3) is 0 Å². The normalized spacial score (nSPS) is 24.4. The van der Waals surface area contributed by atoms with Gasteiger partial charge in [-0.05, 0) is 68.0 Å². The predicted molar refractivity (Wildman–Crippen MR) is 295 cm³/mol. The van der Waals surface area contributed by atoms with Gasteiger partial charge in [-0.1, -0.05) is 194 Å². The standard InChI is InChI=1S/C65H74N2O10/c1-45(2)64(3,4)66-61-54(58(74-41-50-33-21-11-22-34-50)56(72-39-48-29-17-9-18-30-48)52(76-61)43-70-37-46-25-13-7-14-26-46)60(68)65(5,6)67-62(69)55-59(75-42-51-35-23-12-24-36-51)57(73-40-49-31-19-10-20-32-49)53(77-63(55)67)44-71-38-47-27-15-8-16-28-47/h7-36,52-59,61,63,66H,1,37-44H2,2-6H3. The molecule has 9 rings (SSSR count). The quantitative estimate of drug-likeness (QED) is 0.0413. The van der Waals surface area contributed by atoms with Gasteiger partial charge in [0.15, 0.2) is 5.78 Å². The molecule has 1 N–H and O–H groups in total. The van der Waals surface area contributed by atoms with Crippen molar-refractivity contribution >= 4 is 11.7 Å². The number of likely N-dealkylation sites (tertiary alicyclic amines) is 1. The molecule has 77 heavy (non-hydrogen) atoms. The molecule has 1 amide bonds. The van der Waals surface area contributed by atoms with Crippen LogP contribution in [0.1, 0.15) is 68.0 Å². The van der Waals surface area contributed by atoms with E-state index in [9.17, 15) is 0 Å². The van der Waals surface area contributed by atoms with Crippen molar-refractivity contribution in [3.05, 3.63) is 228 Å². The number of ether oxygens (including phenoxy) is 8. The first-order valence-corrected chi connectivity index (χ1v) is 26.8. The van der Waals surface area contributed by atoms with Crippen LogP contribution < -0.4 is 5.32 Å². The molecule has 0 radical (unpaired) electrons. The van der Waals surface area contributed by atoms with Gasteiger partial charge in [-0.2, -0.15) is 0 Å². The third-order valence-electron chi connectivity index (χ3n) is 15.1. The monoisotopic (exact) mass is 1040 g/mol. The second kappa shape index (κ2) is 26.0. The van der Waals surface area contributed by atoms with E-state index in [1.54, 1.807) is 18.7 Å². The summed E-state index contributed by atoms with van der Waals surface area (Å²) in [5.74, 6) is -2.46. The Morgan fingerprint density at radius 1 is 0.506 bits per heavy atom. The molecule has 10 atom stereocenters. The number of amides is 1. The van der Waals surface area contributed by atoms with E-state index in [-0.39, 0.29) is 51.3 Å². The van der Waals surface area contributed by atoms with Gasteiger partial charge in [-0.25, -0.2) is 0 Å². The Hall–Kier alpha value is -6.16. The van der Waals surface area contributed by atoms with Crippen LogP contribution >= 0.6 is 0 Å². The summed E-state index contributed by atoms with van der Waals surface area (Å²) >= 11 is 0. The van der Waals surface area contributed by atoms with E-state index in [1.807, 2.05) is 203 Å². The second-order valence-corrected chi connectivity index (χ2v) is 21.4. The van der Waals surface area contributed by atoms with Gasteiger partial charge in [0, 0.05) is 5.54 Å². The number of ketones is 1. The van der Waals surface area contributed by atoms with E-state index in [1.165, 1.54) is 0 Å². The highest BCUT2D eigenvalue weighted by Gasteiger charge is 2.66. The van der Waals surface area contributed by atoms with Crippen molar-refractivity contribution < 1.29 is 47.5 Å². The molecular weight excluding hydrogens is 969 g/mol. The maximum Gasteiger partial charge on any atom is 0.235 e. The van der Waals surface area contributed by atoms with Crippen molar-refractivity contribution in [2.75, 3.05) is 13.2 Å². The summed E-state index contributed by atoms with van der Waals surface area (Å²) in [7, 11) is 0. The van der Waals surface area contributed by atoms with Crippen LogP contribution in [-0.2, 0) is 87.1 Å². The zero-order valence-corrected chi connectivity index (χ0v) is 45.0. The number of rotatable bonds is 26. The fourth-order valence-corrected chi connectivity index (χ4v) is 10.4. The fourth-order valence-electron chi connectivity index (χ4n) is 10.4. The van der Waals surface area contributed by atoms with Crippen LogP contribution in [0.3, 0.4) is 0 Å². The number of nitrogens with zero attached hydrogens (tertiary/aromatic N) is 1. The molecule has 10 unspecified atom stereocenters. The molecule has 0 aliphatic carbocycles. The summed E-state index contributed by atoms with van der Waals surface area (Å²) in [5.41, 5.74) is 4.36. The number of hydrogen-bond acceptors (Lipinski definition) is 11. The number of nitrogens with one attached hydrogen (secondary N) is 1. The summed E-state index contributed by atoms with van der Waals surface area (Å²) < 4.78 is 54.9. The summed E-state index contributed by atoms with van der Waals surface area (Å²) in [6, 6.07) is 59.4. The van der Waals surface area contributed by atoms with E-state index in [0.717, 1.165) is 39.0 Å². The lowest BCUT2D eigenvalue weighted by Crippen LogP contribution is -2.79. The van der Waals surface area contributed by atoms with Crippen LogP contribution in [0, 0.1) is 11.8 Å². The Bertz CT molecular complexity index is 2790. The third-order valence-corrected chi connectivity index (χ3v) is 15.1. The molecule has 6 aromatic rings. The molecule has 3 heterocycles. The van der Waals surface area contributed by atoms with Crippen LogP contribution in [0.5, 0.6) is 0 Å². The van der Waals surface area contributed by atoms with E-state index in [4.69, 9.17) is 37.9 Å². The number of benzene rings is 6. The molecule has 6 aromatic carbocycles. The molecule has 3 saturated heterocycles. The largest absolute Gasteiger partial charge is 0.374 e. The zero-order valence-electron chi connectivity index (χ0n) is 45.0. The minimum Gasteiger partial charge on any atom is -0.374 e. The highest BCUT2D eigenvalue weighted by molar-refractivity contribution is 5.98. The SMILES string of the molecule is C=C(C)C(C)(C)NC1OC(COCc2ccccc2)C(OCc2ccccc2)C(OCc2ccccc2)C1C(=O)C(C)(C)N1C(=O)C2C(OCc3ccccc3)C(OCc3ccccc3)C(COCc3ccccc3)OC21. The second-order valence-electron chi connectivity index (χ2n) is 21.4. The van der Waals surface area contributed by atoms with Crippen LogP contribution in [0.15, 0.2) is 194 Å². The van der Waals surface area contributed by atoms with Crippen molar-refractivity contribution in [3.63, 3.8) is 0 Å². The molecule has 0 bridgehead atoms. The van der Waals surface area contributed by atoms with E-state index >= 15 is 9.59 Å². The Balaban J connectivity index is 1.08. The van der Waals surface area contributed by atoms with Gasteiger partial charge >= 0.3 is 0 Å². The topological polar surface area (TPSA) is 123 Å². The van der Waals surface area contributed by atoms with Gasteiger partial charge in [0.1, 0.15) is 55.0 Å². The zero-order chi connectivity index (χ0) is 53.8. The van der Waals surface area contributed by atoms with Crippen LogP contribution in [0.2, 0.25) is 0 Å². The first kappa shape index (κ1) is 55.6. The highest BCUT2D eigenvalue weighted by atomic mass is 16.6. The summed E-state index contributed by atoms with van der Waals surface area (Å²) in [5, 5.41) is 3.70. The highest BCUT2D eigenvalue weighted by Crippen LogP contribution is 2.47. The number of carbonyl (C=O) groups excluding carboxylic acids is 2. The average Bonchev–Trinajstić information content (AvgIpc) is 3.52. The first-order valence-electron chi connectivity index (χ1n) is 26.8. The summed E-state index contributed by atoms with van der Waals surface area (Å²) in [6.07, 6.45) is -6.49. The maximum absolute atomic E-state index is 16.4. The lowest BCUT2D eigenvalue weighted by atomic mass is 9.73. The number of β-lactam (4-membered cyclic amide) rings is 1. The number of carbonyl (C=O) groups is 2. The summed E-state index contributed by atoms with van der Waals surface area (Å²) in [6.45, 7) is 15.6. The van der Waals surface area contributed by atoms with E-state index in [0.29, 0.717) is 13.2 Å². The van der Waals surface area contributed by atoms with Crippen molar-refractivity contribution in [1.29, 1.82) is 0 Å². The molecule has 0 aromatic heterocycles. The van der Waals surface area contributed by atoms with Crippen molar-refractivity contribution in [2.24, 2.45) is 11.8 Å². The van der Waals surface area contributed by atoms with Crippen molar-refractivity contribution in [3.8, 4) is 0 Å². The lowest BCUT2D eigenvalue weighted by molar-refractivity contribution is -0.307. The Kier molecular flexibility index (Phi) is 18.8. The van der Waals surface area contributed by atoms with Gasteiger partial charge in [-0.15, -0.1) is 0 Å². The Morgan fingerprint density at radius 2 is 0.844 bits per heavy atom. The molecule has 12 heteroatoms. The minimum absolute atomic E-state index is 0.126. The van der Waals surface area contributed by atoms with Gasteiger partial charge < -0.3 is 42.8 Å². The van der Waals surface area contributed by atoms with Crippen LogP contribution in [0.25, 0.3) is 0 Å². The lowest BCUT2D eigenvalue weighted by Gasteiger charge is -2.60. The Morgan fingerprint density at radius 3 is 1.23 bits per heavy atom. The predicted octanol–water partition coefficient (Wildman–Crippen LogP) is 10.6. The van der Waals surface area contributed by atoms with Gasteiger partial charge in [0.05, 0.1) is 64.3 Å². The maximum atomic E-state index is 16.4. The third kappa shape index (κ3) is 13.8. The van der Waals surface area contributed by atoms with Crippen LogP contribution in [-0.4, -0.2) is 90.0 Å². The number of hydrogen-bond donors (Lipinski definition) is 1. The molecule has 3 fully saturated rings. The van der Waals surface area contributed by atoms with Crippen molar-refractivity contribution in [2.45, 2.75) is 134 Å². The molecule has 3 aliphatic rings. The molecule has 12 nitrogen and oxygen atoms in total. The fraction of sp³-hybridized carbons (Fsp3) is 0.385. The average molecular weight is 1040 g/mol.